The van der Waals surface area contributed by atoms with Crippen LogP contribution in [0.25, 0.3) is 5.57 Å². The number of likely N-dealkylation sites (N-methyl/N-ethyl adjacent to an activating group) is 1. The van der Waals surface area contributed by atoms with Gasteiger partial charge in [-0.25, -0.2) is 18.1 Å². The van der Waals surface area contributed by atoms with Gasteiger partial charge in [0, 0.05) is 19.7 Å². The number of benzene rings is 2. The summed E-state index contributed by atoms with van der Waals surface area (Å²) >= 11 is 0. The number of aliphatic hydroxyl groups excluding tert-OH is 1. The lowest BCUT2D eigenvalue weighted by atomic mass is 10.0. The molecular formula is C19H15F3N2O3. The van der Waals surface area contributed by atoms with E-state index >= 15 is 0 Å². The van der Waals surface area contributed by atoms with Gasteiger partial charge in [0.25, 0.3) is 11.8 Å². The summed E-state index contributed by atoms with van der Waals surface area (Å²) in [7, 11) is 1.49. The van der Waals surface area contributed by atoms with Crippen LogP contribution in [0, 0.1) is 17.5 Å². The number of halogens is 3. The predicted molar refractivity (Wildman–Crippen MR) is 91.9 cm³/mol. The Labute approximate surface area is 152 Å². The minimum atomic E-state index is -1.07. The first-order chi connectivity index (χ1) is 12.8. The van der Waals surface area contributed by atoms with E-state index in [4.69, 9.17) is 0 Å². The van der Waals surface area contributed by atoms with E-state index in [1.165, 1.54) is 24.1 Å². The molecule has 2 aromatic rings. The Kier molecular flexibility index (Phi) is 5.00. The van der Waals surface area contributed by atoms with Crippen LogP contribution in [0.2, 0.25) is 0 Å². The highest BCUT2D eigenvalue weighted by molar-refractivity contribution is 6.45. The van der Waals surface area contributed by atoms with Gasteiger partial charge in [-0.2, -0.15) is 0 Å². The van der Waals surface area contributed by atoms with Gasteiger partial charge in [-0.15, -0.1) is 0 Å². The molecule has 0 saturated heterocycles. The van der Waals surface area contributed by atoms with Gasteiger partial charge < -0.3 is 10.0 Å². The summed E-state index contributed by atoms with van der Waals surface area (Å²) < 4.78 is 40.7. The second-order valence-electron chi connectivity index (χ2n) is 5.92. The van der Waals surface area contributed by atoms with E-state index in [1.807, 2.05) is 0 Å². The highest BCUT2D eigenvalue weighted by Gasteiger charge is 2.42. The molecule has 0 unspecified atom stereocenters. The molecule has 3 rings (SSSR count). The fraction of sp³-hybridized carbons (Fsp3) is 0.158. The smallest absolute Gasteiger partial charge is 0.282 e. The molecule has 8 heteroatoms. The summed E-state index contributed by atoms with van der Waals surface area (Å²) in [4.78, 5) is 27.8. The molecule has 0 atom stereocenters. The third-order valence-electron chi connectivity index (χ3n) is 4.16. The van der Waals surface area contributed by atoms with Crippen molar-refractivity contribution in [2.24, 2.45) is 0 Å². The SMILES string of the molecule is CN(CCO)C1=C(c2ccc(F)cc2)C(=O)N(c2ccc(F)cc2F)C1=O. The summed E-state index contributed by atoms with van der Waals surface area (Å²) in [5.74, 6) is -4.08. The van der Waals surface area contributed by atoms with Crippen molar-refractivity contribution in [1.82, 2.24) is 4.90 Å². The molecule has 0 aromatic heterocycles. The minimum Gasteiger partial charge on any atom is -0.395 e. The number of rotatable bonds is 5. The van der Waals surface area contributed by atoms with E-state index in [-0.39, 0.29) is 30.0 Å². The molecule has 0 aliphatic carbocycles. The van der Waals surface area contributed by atoms with Gasteiger partial charge in [-0.1, -0.05) is 12.1 Å². The number of carbonyl (C=O) groups excluding carboxylic acids is 2. The highest BCUT2D eigenvalue weighted by atomic mass is 19.1. The predicted octanol–water partition coefficient (Wildman–Crippen LogP) is 2.31. The Morgan fingerprint density at radius 2 is 1.59 bits per heavy atom. The first-order valence-corrected chi connectivity index (χ1v) is 8.01. The summed E-state index contributed by atoms with van der Waals surface area (Å²) in [6.45, 7) is -0.248. The van der Waals surface area contributed by atoms with Crippen molar-refractivity contribution in [1.29, 1.82) is 0 Å². The van der Waals surface area contributed by atoms with E-state index in [0.29, 0.717) is 11.0 Å². The van der Waals surface area contributed by atoms with Gasteiger partial charge in [-0.3, -0.25) is 9.59 Å². The lowest BCUT2D eigenvalue weighted by Crippen LogP contribution is -2.35. The Morgan fingerprint density at radius 1 is 0.963 bits per heavy atom. The van der Waals surface area contributed by atoms with Crippen LogP contribution in [0.4, 0.5) is 18.9 Å². The van der Waals surface area contributed by atoms with Crippen molar-refractivity contribution in [2.45, 2.75) is 0 Å². The Bertz CT molecular complexity index is 942. The number of aliphatic hydroxyl groups is 1. The quantitative estimate of drug-likeness (QED) is 0.814. The molecule has 0 saturated carbocycles. The van der Waals surface area contributed by atoms with E-state index in [9.17, 15) is 27.9 Å². The maximum Gasteiger partial charge on any atom is 0.282 e. The molecule has 5 nitrogen and oxygen atoms in total. The fourth-order valence-electron chi connectivity index (χ4n) is 2.89. The number of amides is 2. The molecule has 27 heavy (non-hydrogen) atoms. The summed E-state index contributed by atoms with van der Waals surface area (Å²) in [5, 5.41) is 9.17. The topological polar surface area (TPSA) is 60.9 Å². The fourth-order valence-corrected chi connectivity index (χ4v) is 2.89. The van der Waals surface area contributed by atoms with Gasteiger partial charge in [0.1, 0.15) is 23.1 Å². The van der Waals surface area contributed by atoms with Crippen molar-refractivity contribution < 1.29 is 27.9 Å². The zero-order valence-electron chi connectivity index (χ0n) is 14.2. The largest absolute Gasteiger partial charge is 0.395 e. The monoisotopic (exact) mass is 376 g/mol. The average molecular weight is 376 g/mol. The van der Waals surface area contributed by atoms with Gasteiger partial charge in [-0.05, 0) is 29.8 Å². The first kappa shape index (κ1) is 18.7. The molecule has 2 amide bonds. The summed E-state index contributed by atoms with van der Waals surface area (Å²) in [6.07, 6.45) is 0. The van der Waals surface area contributed by atoms with Crippen molar-refractivity contribution in [3.05, 3.63) is 71.2 Å². The highest BCUT2D eigenvalue weighted by Crippen LogP contribution is 2.35. The maximum absolute atomic E-state index is 14.2. The van der Waals surface area contributed by atoms with Crippen molar-refractivity contribution in [2.75, 3.05) is 25.1 Å². The van der Waals surface area contributed by atoms with Crippen LogP contribution >= 0.6 is 0 Å². The zero-order chi connectivity index (χ0) is 19.7. The van der Waals surface area contributed by atoms with Crippen molar-refractivity contribution >= 4 is 23.1 Å². The average Bonchev–Trinajstić information content (AvgIpc) is 2.87. The zero-order valence-corrected chi connectivity index (χ0v) is 14.2. The summed E-state index contributed by atoms with van der Waals surface area (Å²) in [6, 6.07) is 7.42. The Morgan fingerprint density at radius 3 is 2.19 bits per heavy atom. The van der Waals surface area contributed by atoms with Gasteiger partial charge in [0.2, 0.25) is 0 Å². The van der Waals surface area contributed by atoms with Crippen LogP contribution in [-0.2, 0) is 9.59 Å². The molecule has 1 heterocycles. The van der Waals surface area contributed by atoms with Crippen molar-refractivity contribution in [3.63, 3.8) is 0 Å². The number of hydrogen-bond donors (Lipinski definition) is 1. The molecule has 0 fully saturated rings. The number of nitrogens with zero attached hydrogens (tertiary/aromatic N) is 2. The lowest BCUT2D eigenvalue weighted by Gasteiger charge is -2.20. The van der Waals surface area contributed by atoms with E-state index in [1.54, 1.807) is 0 Å². The summed E-state index contributed by atoms with van der Waals surface area (Å²) in [5.41, 5.74) is -0.248. The molecule has 1 aliphatic heterocycles. The third kappa shape index (κ3) is 3.31. The molecule has 0 radical (unpaired) electrons. The molecule has 140 valence electrons. The number of imide groups is 1. The molecule has 1 aliphatic rings. The van der Waals surface area contributed by atoms with Gasteiger partial charge >= 0.3 is 0 Å². The molecule has 1 N–H and O–H groups in total. The van der Waals surface area contributed by atoms with Crippen LogP contribution in [0.15, 0.2) is 48.2 Å². The standard InChI is InChI=1S/C19H15F3N2O3/c1-23(8-9-25)17-16(11-2-4-12(20)5-3-11)18(26)24(19(17)27)15-7-6-13(21)10-14(15)22/h2-7,10,25H,8-9H2,1H3. The van der Waals surface area contributed by atoms with Crippen LogP contribution in [0.5, 0.6) is 0 Å². The lowest BCUT2D eigenvalue weighted by molar-refractivity contribution is -0.120. The van der Waals surface area contributed by atoms with Crippen LogP contribution in [0.1, 0.15) is 5.56 Å². The molecular weight excluding hydrogens is 361 g/mol. The molecule has 2 aromatic carbocycles. The molecule has 0 spiro atoms. The Hall–Kier alpha value is -3.13. The minimum absolute atomic E-state index is 0.0405. The number of carbonyl (C=O) groups is 2. The van der Waals surface area contributed by atoms with Gasteiger partial charge in [0.15, 0.2) is 0 Å². The second kappa shape index (κ2) is 7.24. The van der Waals surface area contributed by atoms with Crippen molar-refractivity contribution in [3.8, 4) is 0 Å². The van der Waals surface area contributed by atoms with Crippen LogP contribution < -0.4 is 4.90 Å². The second-order valence-corrected chi connectivity index (χ2v) is 5.92. The number of anilines is 1. The number of hydrogen-bond acceptors (Lipinski definition) is 4. The Balaban J connectivity index is 2.15. The van der Waals surface area contributed by atoms with E-state index < -0.39 is 35.0 Å². The maximum atomic E-state index is 14.2. The normalized spacial score (nSPS) is 14.3. The van der Waals surface area contributed by atoms with E-state index in [2.05, 4.69) is 0 Å². The van der Waals surface area contributed by atoms with E-state index in [0.717, 1.165) is 24.3 Å². The first-order valence-electron chi connectivity index (χ1n) is 8.01. The van der Waals surface area contributed by atoms with Crippen LogP contribution in [-0.4, -0.2) is 42.0 Å². The molecule has 0 bridgehead atoms. The van der Waals surface area contributed by atoms with Gasteiger partial charge in [0.05, 0.1) is 17.9 Å². The van der Waals surface area contributed by atoms with Crippen LogP contribution in [0.3, 0.4) is 0 Å². The third-order valence-corrected chi connectivity index (χ3v) is 4.16.